The molecule has 1 aliphatic carbocycles. The third kappa shape index (κ3) is 4.45. The number of nitrogens with one attached hydrogen (secondary N) is 2. The topological polar surface area (TPSA) is 76.0 Å². The molecule has 21 heavy (non-hydrogen) atoms. The van der Waals surface area contributed by atoms with Gasteiger partial charge in [-0.2, -0.15) is 16.9 Å². The predicted octanol–water partition coefficient (Wildman–Crippen LogP) is 0.667. The first-order valence-electron chi connectivity index (χ1n) is 7.47. The largest absolute Gasteiger partial charge is 0.312 e. The van der Waals surface area contributed by atoms with Crippen molar-refractivity contribution < 1.29 is 8.42 Å². The van der Waals surface area contributed by atoms with Crippen molar-refractivity contribution in [1.29, 1.82) is 0 Å². The van der Waals surface area contributed by atoms with Gasteiger partial charge in [0.1, 0.15) is 4.90 Å². The van der Waals surface area contributed by atoms with Gasteiger partial charge < -0.3 is 5.32 Å². The quantitative estimate of drug-likeness (QED) is 0.732. The van der Waals surface area contributed by atoms with Crippen molar-refractivity contribution in [3.63, 3.8) is 0 Å². The van der Waals surface area contributed by atoms with Gasteiger partial charge in [0, 0.05) is 25.3 Å². The molecular weight excluding hydrogens is 308 g/mol. The maximum atomic E-state index is 12.2. The average Bonchev–Trinajstić information content (AvgIpc) is 2.94. The van der Waals surface area contributed by atoms with Crippen LogP contribution in [-0.4, -0.2) is 48.8 Å². The molecule has 1 aliphatic heterocycles. The summed E-state index contributed by atoms with van der Waals surface area (Å²) in [6, 6.07) is 0.662. The lowest BCUT2D eigenvalue weighted by Crippen LogP contribution is -2.29. The molecule has 1 aromatic heterocycles. The van der Waals surface area contributed by atoms with E-state index in [0.29, 0.717) is 25.0 Å². The molecule has 118 valence electrons. The third-order valence-electron chi connectivity index (χ3n) is 3.86. The standard InChI is InChI=1S/C13H22N4O2S2/c18-21(19,16-7-11-3-6-20-10-11)13-8-15-17(9-13)5-4-14-12-1-2-12/h8-9,11-12,14,16H,1-7,10H2. The second-order valence-corrected chi connectivity index (χ2v) is 8.67. The summed E-state index contributed by atoms with van der Waals surface area (Å²) in [7, 11) is -3.42. The molecule has 1 aromatic rings. The highest BCUT2D eigenvalue weighted by atomic mass is 32.2. The Hall–Kier alpha value is -0.570. The molecule has 2 aliphatic rings. The van der Waals surface area contributed by atoms with E-state index in [4.69, 9.17) is 0 Å². The third-order valence-corrected chi connectivity index (χ3v) is 6.47. The van der Waals surface area contributed by atoms with Crippen molar-refractivity contribution in [2.45, 2.75) is 36.7 Å². The lowest BCUT2D eigenvalue weighted by atomic mass is 10.1. The zero-order valence-corrected chi connectivity index (χ0v) is 13.6. The summed E-state index contributed by atoms with van der Waals surface area (Å²) in [6.07, 6.45) is 6.65. The monoisotopic (exact) mass is 330 g/mol. The molecule has 1 atom stereocenters. The number of hydrogen-bond acceptors (Lipinski definition) is 5. The number of sulfonamides is 1. The molecule has 0 radical (unpaired) electrons. The summed E-state index contributed by atoms with van der Waals surface area (Å²) < 4.78 is 28.8. The van der Waals surface area contributed by atoms with Gasteiger partial charge in [-0.15, -0.1) is 0 Å². The summed E-state index contributed by atoms with van der Waals surface area (Å²) in [4.78, 5) is 0.263. The zero-order chi connectivity index (χ0) is 14.7. The van der Waals surface area contributed by atoms with Gasteiger partial charge in [-0.05, 0) is 36.7 Å². The number of thioether (sulfide) groups is 1. The van der Waals surface area contributed by atoms with Gasteiger partial charge >= 0.3 is 0 Å². The zero-order valence-electron chi connectivity index (χ0n) is 12.0. The fourth-order valence-corrected chi connectivity index (χ4v) is 4.68. The molecule has 1 unspecified atom stereocenters. The van der Waals surface area contributed by atoms with E-state index >= 15 is 0 Å². The number of rotatable bonds is 8. The van der Waals surface area contributed by atoms with Gasteiger partial charge in [0.15, 0.2) is 0 Å². The van der Waals surface area contributed by atoms with Crippen LogP contribution in [0.25, 0.3) is 0 Å². The Morgan fingerprint density at radius 3 is 2.95 bits per heavy atom. The molecule has 0 amide bonds. The molecule has 8 heteroatoms. The molecular formula is C13H22N4O2S2. The number of nitrogens with zero attached hydrogens (tertiary/aromatic N) is 2. The van der Waals surface area contributed by atoms with Crippen LogP contribution in [0.5, 0.6) is 0 Å². The van der Waals surface area contributed by atoms with Crippen LogP contribution in [-0.2, 0) is 16.6 Å². The van der Waals surface area contributed by atoms with Crippen molar-refractivity contribution in [3.8, 4) is 0 Å². The Morgan fingerprint density at radius 2 is 2.24 bits per heavy atom. The Balaban J connectivity index is 1.50. The Bertz CT molecular complexity index is 562. The van der Waals surface area contributed by atoms with E-state index in [1.54, 1.807) is 10.9 Å². The van der Waals surface area contributed by atoms with Crippen LogP contribution in [0.1, 0.15) is 19.3 Å². The Labute approximate surface area is 130 Å². The molecule has 6 nitrogen and oxygen atoms in total. The molecule has 2 heterocycles. The fraction of sp³-hybridized carbons (Fsp3) is 0.769. The van der Waals surface area contributed by atoms with E-state index in [9.17, 15) is 8.42 Å². The van der Waals surface area contributed by atoms with E-state index < -0.39 is 10.0 Å². The minimum Gasteiger partial charge on any atom is -0.312 e. The molecule has 2 N–H and O–H groups in total. The summed E-state index contributed by atoms with van der Waals surface area (Å²) >= 11 is 1.89. The molecule has 2 fully saturated rings. The van der Waals surface area contributed by atoms with E-state index in [1.807, 2.05) is 11.8 Å². The summed E-state index contributed by atoms with van der Waals surface area (Å²) in [5, 5.41) is 7.52. The summed E-state index contributed by atoms with van der Waals surface area (Å²) in [5.74, 6) is 2.65. The first-order chi connectivity index (χ1) is 10.1. The minimum absolute atomic E-state index is 0.263. The smallest absolute Gasteiger partial charge is 0.243 e. The van der Waals surface area contributed by atoms with Crippen LogP contribution in [0.2, 0.25) is 0 Å². The lowest BCUT2D eigenvalue weighted by molar-refractivity contribution is 0.543. The van der Waals surface area contributed by atoms with Crippen LogP contribution in [0.3, 0.4) is 0 Å². The van der Waals surface area contributed by atoms with Crippen molar-refractivity contribution in [1.82, 2.24) is 19.8 Å². The second-order valence-electron chi connectivity index (χ2n) is 5.75. The fourth-order valence-electron chi connectivity index (χ4n) is 2.33. The van der Waals surface area contributed by atoms with Crippen molar-refractivity contribution in [3.05, 3.63) is 12.4 Å². The van der Waals surface area contributed by atoms with Crippen LogP contribution < -0.4 is 10.0 Å². The number of hydrogen-bond donors (Lipinski definition) is 2. The molecule has 1 saturated carbocycles. The molecule has 0 bridgehead atoms. The van der Waals surface area contributed by atoms with E-state index in [2.05, 4.69) is 15.1 Å². The van der Waals surface area contributed by atoms with Crippen LogP contribution >= 0.6 is 11.8 Å². The van der Waals surface area contributed by atoms with Crippen LogP contribution in [0, 0.1) is 5.92 Å². The SMILES string of the molecule is O=S(=O)(NCC1CCSC1)c1cnn(CCNC2CC2)c1. The highest BCUT2D eigenvalue weighted by molar-refractivity contribution is 7.99. The maximum absolute atomic E-state index is 12.2. The number of aromatic nitrogens is 2. The van der Waals surface area contributed by atoms with E-state index in [1.165, 1.54) is 19.0 Å². The highest BCUT2D eigenvalue weighted by Crippen LogP contribution is 2.23. The Morgan fingerprint density at radius 1 is 1.38 bits per heavy atom. The minimum atomic E-state index is -3.42. The highest BCUT2D eigenvalue weighted by Gasteiger charge is 2.22. The first kappa shape index (κ1) is 15.3. The van der Waals surface area contributed by atoms with Gasteiger partial charge in [0.2, 0.25) is 10.0 Å². The van der Waals surface area contributed by atoms with E-state index in [-0.39, 0.29) is 4.90 Å². The average molecular weight is 330 g/mol. The van der Waals surface area contributed by atoms with Crippen LogP contribution in [0.15, 0.2) is 17.3 Å². The molecule has 0 spiro atoms. The normalized spacial score (nSPS) is 22.8. The molecule has 0 aromatic carbocycles. The van der Waals surface area contributed by atoms with Gasteiger partial charge in [-0.1, -0.05) is 0 Å². The maximum Gasteiger partial charge on any atom is 0.243 e. The van der Waals surface area contributed by atoms with E-state index in [0.717, 1.165) is 24.5 Å². The van der Waals surface area contributed by atoms with Gasteiger partial charge in [-0.25, -0.2) is 13.1 Å². The summed E-state index contributed by atoms with van der Waals surface area (Å²) in [5.41, 5.74) is 0. The van der Waals surface area contributed by atoms with Gasteiger partial charge in [0.05, 0.1) is 12.7 Å². The second kappa shape index (κ2) is 6.68. The predicted molar refractivity (Wildman–Crippen MR) is 83.9 cm³/mol. The lowest BCUT2D eigenvalue weighted by Gasteiger charge is -2.09. The Kier molecular flexibility index (Phi) is 4.88. The van der Waals surface area contributed by atoms with Crippen molar-refractivity contribution >= 4 is 21.8 Å². The van der Waals surface area contributed by atoms with Crippen LogP contribution in [0.4, 0.5) is 0 Å². The molecule has 1 saturated heterocycles. The molecule has 3 rings (SSSR count). The summed E-state index contributed by atoms with van der Waals surface area (Å²) in [6.45, 7) is 2.06. The first-order valence-corrected chi connectivity index (χ1v) is 10.1. The van der Waals surface area contributed by atoms with Crippen molar-refractivity contribution in [2.75, 3.05) is 24.6 Å². The van der Waals surface area contributed by atoms with Gasteiger partial charge in [0.25, 0.3) is 0 Å². The van der Waals surface area contributed by atoms with Gasteiger partial charge in [-0.3, -0.25) is 4.68 Å². The van der Waals surface area contributed by atoms with Crippen molar-refractivity contribution in [2.24, 2.45) is 5.92 Å².